The molecule has 17 heavy (non-hydrogen) atoms. The van der Waals surface area contributed by atoms with Crippen LogP contribution in [0.5, 0.6) is 0 Å². The summed E-state index contributed by atoms with van der Waals surface area (Å²) in [6.45, 7) is 7.60. The molecule has 0 aromatic carbocycles. The number of aromatic nitrogens is 1. The Balaban J connectivity index is 2.03. The maximum absolute atomic E-state index is 4.49. The molecule has 1 aliphatic heterocycles. The molecule has 0 unspecified atom stereocenters. The van der Waals surface area contributed by atoms with Crippen LogP contribution in [0.2, 0.25) is 0 Å². The normalized spacial score (nSPS) is 17.5. The molecular formula is C12H17Br2N3. The van der Waals surface area contributed by atoms with E-state index in [0.717, 1.165) is 48.3 Å². The number of hydrogen-bond donors (Lipinski definition) is 0. The molecule has 2 rings (SSSR count). The fourth-order valence-electron chi connectivity index (χ4n) is 2.05. The molecular weight excluding hydrogens is 346 g/mol. The van der Waals surface area contributed by atoms with E-state index in [9.17, 15) is 0 Å². The zero-order valence-corrected chi connectivity index (χ0v) is 13.2. The van der Waals surface area contributed by atoms with Crippen molar-refractivity contribution in [2.75, 3.05) is 43.0 Å². The molecule has 0 bridgehead atoms. The molecule has 0 amide bonds. The minimum absolute atomic E-state index is 1.05. The summed E-state index contributed by atoms with van der Waals surface area (Å²) in [7, 11) is 0. The second-order valence-corrected chi connectivity index (χ2v) is 5.87. The number of alkyl halides is 1. The second kappa shape index (κ2) is 6.16. The van der Waals surface area contributed by atoms with Crippen molar-refractivity contribution in [3.63, 3.8) is 0 Å². The Bertz CT molecular complexity index is 376. The van der Waals surface area contributed by atoms with Gasteiger partial charge in [0.25, 0.3) is 0 Å². The van der Waals surface area contributed by atoms with Crippen LogP contribution in [0.1, 0.15) is 5.56 Å². The molecule has 1 aromatic rings. The lowest BCUT2D eigenvalue weighted by molar-refractivity contribution is 0.273. The van der Waals surface area contributed by atoms with Crippen LogP contribution < -0.4 is 4.90 Å². The van der Waals surface area contributed by atoms with E-state index >= 15 is 0 Å². The van der Waals surface area contributed by atoms with Crippen LogP contribution in [-0.4, -0.2) is 47.9 Å². The Morgan fingerprint density at radius 2 is 2.00 bits per heavy atom. The molecule has 0 radical (unpaired) electrons. The molecule has 0 saturated carbocycles. The Kier molecular flexibility index (Phi) is 4.82. The average molecular weight is 363 g/mol. The van der Waals surface area contributed by atoms with Crippen molar-refractivity contribution in [3.8, 4) is 0 Å². The highest BCUT2D eigenvalue weighted by Gasteiger charge is 2.19. The van der Waals surface area contributed by atoms with Crippen LogP contribution in [0, 0.1) is 6.92 Å². The third kappa shape index (κ3) is 3.20. The zero-order valence-electron chi connectivity index (χ0n) is 9.99. The topological polar surface area (TPSA) is 19.4 Å². The first-order valence-electron chi connectivity index (χ1n) is 5.86. The van der Waals surface area contributed by atoms with Crippen LogP contribution in [0.25, 0.3) is 0 Å². The van der Waals surface area contributed by atoms with Gasteiger partial charge in [-0.05, 0) is 34.5 Å². The van der Waals surface area contributed by atoms with Gasteiger partial charge in [0.15, 0.2) is 0 Å². The highest BCUT2D eigenvalue weighted by atomic mass is 79.9. The number of rotatable bonds is 3. The number of anilines is 1. The molecule has 1 aliphatic rings. The maximum atomic E-state index is 4.49. The molecule has 1 aromatic heterocycles. The third-order valence-electron chi connectivity index (χ3n) is 3.14. The Morgan fingerprint density at radius 3 is 2.65 bits per heavy atom. The summed E-state index contributed by atoms with van der Waals surface area (Å²) in [5.41, 5.74) is 1.25. The number of aryl methyl sites for hydroxylation is 1. The molecule has 94 valence electrons. The minimum atomic E-state index is 1.05. The summed E-state index contributed by atoms with van der Waals surface area (Å²) in [6, 6.07) is 2.04. The summed E-state index contributed by atoms with van der Waals surface area (Å²) in [4.78, 5) is 9.33. The van der Waals surface area contributed by atoms with Gasteiger partial charge in [-0.2, -0.15) is 0 Å². The number of piperazine rings is 1. The predicted molar refractivity (Wildman–Crippen MR) is 79.1 cm³/mol. The lowest BCUT2D eigenvalue weighted by Crippen LogP contribution is -2.47. The van der Waals surface area contributed by atoms with Gasteiger partial charge in [-0.25, -0.2) is 4.98 Å². The van der Waals surface area contributed by atoms with Gasteiger partial charge in [0.1, 0.15) is 5.82 Å². The van der Waals surface area contributed by atoms with Gasteiger partial charge >= 0.3 is 0 Å². The van der Waals surface area contributed by atoms with Crippen LogP contribution in [0.3, 0.4) is 0 Å². The zero-order chi connectivity index (χ0) is 12.3. The second-order valence-electron chi connectivity index (χ2n) is 4.28. The molecule has 1 fully saturated rings. The monoisotopic (exact) mass is 361 g/mol. The first-order valence-corrected chi connectivity index (χ1v) is 7.78. The third-order valence-corrected chi connectivity index (χ3v) is 4.47. The largest absolute Gasteiger partial charge is 0.353 e. The van der Waals surface area contributed by atoms with Crippen molar-refractivity contribution in [1.29, 1.82) is 0 Å². The number of pyridine rings is 1. The Labute approximate surface area is 119 Å². The summed E-state index contributed by atoms with van der Waals surface area (Å²) in [6.07, 6.45) is 1.89. The highest BCUT2D eigenvalue weighted by molar-refractivity contribution is 9.10. The van der Waals surface area contributed by atoms with Crippen LogP contribution in [0.4, 0.5) is 5.82 Å². The summed E-state index contributed by atoms with van der Waals surface area (Å²) < 4.78 is 1.13. The van der Waals surface area contributed by atoms with Crippen molar-refractivity contribution in [3.05, 3.63) is 22.3 Å². The average Bonchev–Trinajstić information content (AvgIpc) is 2.34. The molecule has 0 atom stereocenters. The van der Waals surface area contributed by atoms with Gasteiger partial charge in [-0.1, -0.05) is 15.9 Å². The van der Waals surface area contributed by atoms with Gasteiger partial charge < -0.3 is 4.90 Å². The molecule has 5 heteroatoms. The van der Waals surface area contributed by atoms with Gasteiger partial charge in [0.05, 0.1) is 4.47 Å². The molecule has 3 nitrogen and oxygen atoms in total. The van der Waals surface area contributed by atoms with Gasteiger partial charge in [-0.15, -0.1) is 0 Å². The van der Waals surface area contributed by atoms with E-state index in [1.807, 2.05) is 12.3 Å². The Morgan fingerprint density at radius 1 is 1.29 bits per heavy atom. The minimum Gasteiger partial charge on any atom is -0.353 e. The fraction of sp³-hybridized carbons (Fsp3) is 0.583. The number of nitrogens with zero attached hydrogens (tertiary/aromatic N) is 3. The highest BCUT2D eigenvalue weighted by Crippen LogP contribution is 2.27. The van der Waals surface area contributed by atoms with E-state index < -0.39 is 0 Å². The predicted octanol–water partition coefficient (Wildman–Crippen LogP) is 2.67. The number of halogens is 2. The molecule has 0 spiro atoms. The standard InChI is InChI=1S/C12H17Br2N3/c1-10-2-4-15-12(11(10)14)17-8-6-16(5-3-13)7-9-17/h2,4H,3,5-9H2,1H3. The van der Waals surface area contributed by atoms with Gasteiger partial charge in [0, 0.05) is 44.3 Å². The van der Waals surface area contributed by atoms with E-state index in [-0.39, 0.29) is 0 Å². The quantitative estimate of drug-likeness (QED) is 0.770. The van der Waals surface area contributed by atoms with Crippen LogP contribution in [-0.2, 0) is 0 Å². The molecule has 0 N–H and O–H groups in total. The first kappa shape index (κ1) is 13.3. The maximum Gasteiger partial charge on any atom is 0.143 e. The van der Waals surface area contributed by atoms with Crippen LogP contribution in [0.15, 0.2) is 16.7 Å². The first-order chi connectivity index (χ1) is 8.22. The van der Waals surface area contributed by atoms with Crippen molar-refractivity contribution in [2.24, 2.45) is 0 Å². The summed E-state index contributed by atoms with van der Waals surface area (Å²) >= 11 is 7.13. The van der Waals surface area contributed by atoms with Crippen LogP contribution >= 0.6 is 31.9 Å². The Hall–Kier alpha value is -0.130. The fourth-order valence-corrected chi connectivity index (χ4v) is 3.04. The van der Waals surface area contributed by atoms with E-state index in [1.165, 1.54) is 5.56 Å². The molecule has 2 heterocycles. The van der Waals surface area contributed by atoms with Gasteiger partial charge in [-0.3, -0.25) is 4.90 Å². The van der Waals surface area contributed by atoms with E-state index in [0.29, 0.717) is 0 Å². The van der Waals surface area contributed by atoms with Crippen molar-refractivity contribution in [2.45, 2.75) is 6.92 Å². The van der Waals surface area contributed by atoms with Crippen molar-refractivity contribution < 1.29 is 0 Å². The van der Waals surface area contributed by atoms with E-state index in [2.05, 4.69) is 53.6 Å². The van der Waals surface area contributed by atoms with E-state index in [1.54, 1.807) is 0 Å². The lowest BCUT2D eigenvalue weighted by atomic mass is 10.2. The van der Waals surface area contributed by atoms with Crippen molar-refractivity contribution >= 4 is 37.7 Å². The smallest absolute Gasteiger partial charge is 0.143 e. The van der Waals surface area contributed by atoms with Crippen molar-refractivity contribution in [1.82, 2.24) is 9.88 Å². The SMILES string of the molecule is Cc1ccnc(N2CCN(CCBr)CC2)c1Br. The lowest BCUT2D eigenvalue weighted by Gasteiger charge is -2.35. The van der Waals surface area contributed by atoms with E-state index in [4.69, 9.17) is 0 Å². The molecule has 0 aliphatic carbocycles. The summed E-state index contributed by atoms with van der Waals surface area (Å²) in [5, 5.41) is 1.05. The number of hydrogen-bond acceptors (Lipinski definition) is 3. The molecule has 1 saturated heterocycles. The summed E-state index contributed by atoms with van der Waals surface area (Å²) in [5.74, 6) is 1.09. The van der Waals surface area contributed by atoms with Gasteiger partial charge in [0.2, 0.25) is 0 Å².